The summed E-state index contributed by atoms with van der Waals surface area (Å²) in [6.45, 7) is 1.99. The van der Waals surface area contributed by atoms with E-state index in [1.54, 1.807) is 4.90 Å². The van der Waals surface area contributed by atoms with E-state index < -0.39 is 6.04 Å². The highest BCUT2D eigenvalue weighted by Crippen LogP contribution is 2.45. The smallest absolute Gasteiger partial charge is 0.227 e. The minimum atomic E-state index is -0.449. The Bertz CT molecular complexity index is 949. The van der Waals surface area contributed by atoms with E-state index in [2.05, 4.69) is 5.32 Å². The fourth-order valence-corrected chi connectivity index (χ4v) is 4.23. The Labute approximate surface area is 170 Å². The number of allylic oxidation sites excluding steroid dienone is 1. The number of rotatable bonds is 3. The van der Waals surface area contributed by atoms with E-state index in [0.717, 1.165) is 41.9 Å². The van der Waals surface area contributed by atoms with Gasteiger partial charge in [0.25, 0.3) is 0 Å². The normalized spacial score (nSPS) is 18.9. The summed E-state index contributed by atoms with van der Waals surface area (Å²) < 4.78 is 0. The molecule has 0 aromatic heterocycles. The number of carbonyl (C=O) groups is 2. The van der Waals surface area contributed by atoms with Crippen LogP contribution in [0.15, 0.2) is 59.8 Å². The lowest BCUT2D eigenvalue weighted by Crippen LogP contribution is -2.37. The highest BCUT2D eigenvalue weighted by atomic mass is 35.5. The van der Waals surface area contributed by atoms with Crippen LogP contribution in [0.5, 0.6) is 0 Å². The van der Waals surface area contributed by atoms with Crippen LogP contribution in [0.25, 0.3) is 0 Å². The molecule has 0 bridgehead atoms. The maximum Gasteiger partial charge on any atom is 0.227 e. The van der Waals surface area contributed by atoms with Gasteiger partial charge in [0.15, 0.2) is 5.78 Å². The zero-order valence-corrected chi connectivity index (χ0v) is 16.6. The summed E-state index contributed by atoms with van der Waals surface area (Å²) in [7, 11) is 0. The van der Waals surface area contributed by atoms with E-state index in [1.165, 1.54) is 0 Å². The van der Waals surface area contributed by atoms with Gasteiger partial charge in [0, 0.05) is 29.1 Å². The predicted molar refractivity (Wildman–Crippen MR) is 113 cm³/mol. The third-order valence-corrected chi connectivity index (χ3v) is 5.61. The molecule has 2 aromatic rings. The van der Waals surface area contributed by atoms with Crippen LogP contribution in [0, 0.1) is 0 Å². The Kier molecular flexibility index (Phi) is 5.23. The maximum atomic E-state index is 13.3. The zero-order chi connectivity index (χ0) is 19.7. The lowest BCUT2D eigenvalue weighted by molar-refractivity contribution is -0.119. The van der Waals surface area contributed by atoms with Crippen molar-refractivity contribution in [2.75, 3.05) is 10.2 Å². The van der Waals surface area contributed by atoms with Crippen LogP contribution < -0.4 is 10.2 Å². The lowest BCUT2D eigenvalue weighted by atomic mass is 9.85. The number of hydrogen-bond donors (Lipinski definition) is 1. The molecule has 0 unspecified atom stereocenters. The van der Waals surface area contributed by atoms with Gasteiger partial charge in [-0.05, 0) is 49.1 Å². The summed E-state index contributed by atoms with van der Waals surface area (Å²) in [5, 5.41) is 4.10. The Hall–Kier alpha value is -2.59. The first kappa shape index (κ1) is 18.8. The number of amides is 1. The number of ketones is 1. The lowest BCUT2D eigenvalue weighted by Gasteiger charge is -2.34. The van der Waals surface area contributed by atoms with Crippen LogP contribution in [-0.4, -0.2) is 11.7 Å². The molecule has 1 amide bonds. The maximum absolute atomic E-state index is 13.3. The van der Waals surface area contributed by atoms with Crippen LogP contribution in [0.3, 0.4) is 0 Å². The second-order valence-electron chi connectivity index (χ2n) is 7.28. The highest BCUT2D eigenvalue weighted by molar-refractivity contribution is 6.30. The first-order chi connectivity index (χ1) is 13.6. The molecular weight excluding hydrogens is 372 g/mol. The van der Waals surface area contributed by atoms with Gasteiger partial charge in [-0.2, -0.15) is 0 Å². The molecule has 1 heterocycles. The fraction of sp³-hybridized carbons (Fsp3) is 0.304. The molecule has 144 valence electrons. The van der Waals surface area contributed by atoms with Crippen LogP contribution in [0.1, 0.15) is 50.6 Å². The molecule has 1 N–H and O–H groups in total. The summed E-state index contributed by atoms with van der Waals surface area (Å²) in [5.74, 6) is 0.125. The van der Waals surface area contributed by atoms with Gasteiger partial charge in [0.2, 0.25) is 5.91 Å². The van der Waals surface area contributed by atoms with Gasteiger partial charge < -0.3 is 5.32 Å². The van der Waals surface area contributed by atoms with Crippen LogP contribution in [0.2, 0.25) is 5.02 Å². The number of nitrogens with zero attached hydrogens (tertiary/aromatic N) is 1. The van der Waals surface area contributed by atoms with E-state index in [9.17, 15) is 9.59 Å². The fourth-order valence-electron chi connectivity index (χ4n) is 4.10. The van der Waals surface area contributed by atoms with Gasteiger partial charge in [-0.3, -0.25) is 14.5 Å². The number of benzene rings is 2. The number of anilines is 2. The van der Waals surface area contributed by atoms with Crippen molar-refractivity contribution in [2.24, 2.45) is 0 Å². The van der Waals surface area contributed by atoms with Crippen molar-refractivity contribution < 1.29 is 9.59 Å². The second kappa shape index (κ2) is 7.80. The molecule has 1 atom stereocenters. The third kappa shape index (κ3) is 3.33. The molecule has 5 heteroatoms. The predicted octanol–water partition coefficient (Wildman–Crippen LogP) is 5.65. The molecule has 2 aliphatic rings. The number of halogens is 1. The van der Waals surface area contributed by atoms with Gasteiger partial charge >= 0.3 is 0 Å². The number of fused-ring (bicyclic) bond motifs is 1. The van der Waals surface area contributed by atoms with Crippen molar-refractivity contribution in [3.05, 3.63) is 70.4 Å². The Morgan fingerprint density at radius 2 is 1.89 bits per heavy atom. The largest absolute Gasteiger partial charge is 0.357 e. The van der Waals surface area contributed by atoms with Gasteiger partial charge in [-0.25, -0.2) is 0 Å². The number of Topliss-reactive ketones (excluding diaryl/α,β-unsaturated/α-hetero) is 1. The van der Waals surface area contributed by atoms with Crippen molar-refractivity contribution in [1.29, 1.82) is 0 Å². The first-order valence-corrected chi connectivity index (χ1v) is 10.2. The third-order valence-electron chi connectivity index (χ3n) is 5.36. The summed E-state index contributed by atoms with van der Waals surface area (Å²) in [4.78, 5) is 28.1. The second-order valence-corrected chi connectivity index (χ2v) is 7.72. The molecule has 0 saturated carbocycles. The van der Waals surface area contributed by atoms with Crippen LogP contribution in [0.4, 0.5) is 11.4 Å². The summed E-state index contributed by atoms with van der Waals surface area (Å²) >= 11 is 6.11. The van der Waals surface area contributed by atoms with Crippen molar-refractivity contribution >= 4 is 34.7 Å². The Morgan fingerprint density at radius 3 is 2.64 bits per heavy atom. The highest BCUT2D eigenvalue weighted by Gasteiger charge is 2.38. The van der Waals surface area contributed by atoms with E-state index in [1.807, 2.05) is 55.5 Å². The summed E-state index contributed by atoms with van der Waals surface area (Å²) in [6.07, 6.45) is 3.31. The van der Waals surface area contributed by atoms with Gasteiger partial charge in [-0.1, -0.05) is 42.8 Å². The molecule has 4 rings (SSSR count). The molecule has 0 saturated heterocycles. The SMILES string of the molecule is CCCC(=O)N1c2ccccc2NC2=C(C(=O)CCC2)[C@@H]1c1ccc(Cl)cc1. The van der Waals surface area contributed by atoms with E-state index >= 15 is 0 Å². The van der Waals surface area contributed by atoms with Gasteiger partial charge in [-0.15, -0.1) is 0 Å². The monoisotopic (exact) mass is 394 g/mol. The van der Waals surface area contributed by atoms with Crippen LogP contribution >= 0.6 is 11.6 Å². The number of carbonyl (C=O) groups excluding carboxylic acids is 2. The van der Waals surface area contributed by atoms with Gasteiger partial charge in [0.1, 0.15) is 0 Å². The van der Waals surface area contributed by atoms with E-state index in [0.29, 0.717) is 23.4 Å². The minimum absolute atomic E-state index is 0.0174. The molecule has 0 spiro atoms. The molecule has 1 aliphatic carbocycles. The quantitative estimate of drug-likeness (QED) is 0.732. The van der Waals surface area contributed by atoms with Crippen molar-refractivity contribution in [1.82, 2.24) is 0 Å². The average molecular weight is 395 g/mol. The topological polar surface area (TPSA) is 49.4 Å². The van der Waals surface area contributed by atoms with Crippen molar-refractivity contribution in [3.8, 4) is 0 Å². The summed E-state index contributed by atoms with van der Waals surface area (Å²) in [6, 6.07) is 14.8. The minimum Gasteiger partial charge on any atom is -0.357 e. The number of nitrogens with one attached hydrogen (secondary N) is 1. The molecule has 1 aliphatic heterocycles. The van der Waals surface area contributed by atoms with Gasteiger partial charge in [0.05, 0.1) is 17.4 Å². The van der Waals surface area contributed by atoms with Crippen LogP contribution in [-0.2, 0) is 9.59 Å². The van der Waals surface area contributed by atoms with E-state index in [-0.39, 0.29) is 11.7 Å². The molecule has 28 heavy (non-hydrogen) atoms. The van der Waals surface area contributed by atoms with Crippen molar-refractivity contribution in [2.45, 2.75) is 45.1 Å². The summed E-state index contributed by atoms with van der Waals surface area (Å²) in [5.41, 5.74) is 4.20. The molecular formula is C23H23ClN2O2. The van der Waals surface area contributed by atoms with E-state index in [4.69, 9.17) is 11.6 Å². The molecule has 2 aromatic carbocycles. The molecule has 0 fully saturated rings. The Balaban J connectivity index is 1.97. The number of hydrogen-bond acceptors (Lipinski definition) is 3. The molecule has 0 radical (unpaired) electrons. The standard InChI is InChI=1S/C23H23ClN2O2/c1-2-6-21(28)26-19-9-4-3-7-17(19)25-18-8-5-10-20(27)22(18)23(26)15-11-13-16(24)14-12-15/h3-4,7,9,11-14,23,25H,2,5-6,8,10H2,1H3/t23-/m0/s1. The average Bonchev–Trinajstić information content (AvgIpc) is 2.84. The van der Waals surface area contributed by atoms with Crippen molar-refractivity contribution in [3.63, 3.8) is 0 Å². The first-order valence-electron chi connectivity index (χ1n) is 9.80. The number of para-hydroxylation sites is 2. The molecule has 4 nitrogen and oxygen atoms in total. The zero-order valence-electron chi connectivity index (χ0n) is 15.9. The Morgan fingerprint density at radius 1 is 1.14 bits per heavy atom.